The lowest BCUT2D eigenvalue weighted by Crippen LogP contribution is -2.60. The highest BCUT2D eigenvalue weighted by Crippen LogP contribution is 2.30. The molecule has 1 aliphatic rings. The topological polar surface area (TPSA) is 128 Å². The third kappa shape index (κ3) is 3.75. The molecule has 11 heteroatoms. The van der Waals surface area contributed by atoms with E-state index in [4.69, 9.17) is 23.2 Å². The van der Waals surface area contributed by atoms with Crippen LogP contribution in [0, 0.1) is 5.82 Å². The van der Waals surface area contributed by atoms with Crippen molar-refractivity contribution in [1.29, 1.82) is 0 Å². The lowest BCUT2D eigenvalue weighted by molar-refractivity contribution is -0.132. The summed E-state index contributed by atoms with van der Waals surface area (Å²) in [5, 5.41) is 4.06. The van der Waals surface area contributed by atoms with Crippen molar-refractivity contribution in [2.45, 2.75) is 31.8 Å². The Labute approximate surface area is 177 Å². The zero-order valence-corrected chi connectivity index (χ0v) is 17.2. The summed E-state index contributed by atoms with van der Waals surface area (Å²) < 4.78 is 15.9. The van der Waals surface area contributed by atoms with E-state index in [-0.39, 0.29) is 24.1 Å². The van der Waals surface area contributed by atoms with Gasteiger partial charge in [-0.25, -0.2) is 19.3 Å². The molecule has 1 fully saturated rings. The molecule has 1 atom stereocenters. The van der Waals surface area contributed by atoms with E-state index in [2.05, 4.69) is 20.3 Å². The summed E-state index contributed by atoms with van der Waals surface area (Å²) in [5.41, 5.74) is 6.52. The van der Waals surface area contributed by atoms with Crippen LogP contribution in [-0.4, -0.2) is 49.2 Å². The van der Waals surface area contributed by atoms with Gasteiger partial charge in [0.25, 0.3) is 0 Å². The Balaban J connectivity index is 1.68. The molecule has 0 saturated carbocycles. The SMILES string of the molecule is CCC(=O)N1CCC[C@](N)(Nc2nc(-c3cn(N)c4ncc(Cl)cc34)ncc2F)C1. The molecular weight excluding hydrogens is 411 g/mol. The van der Waals surface area contributed by atoms with E-state index in [0.717, 1.165) is 6.20 Å². The largest absolute Gasteiger partial charge is 0.348 e. The van der Waals surface area contributed by atoms with Crippen LogP contribution in [0.5, 0.6) is 0 Å². The second-order valence-electron chi connectivity index (χ2n) is 7.42. The van der Waals surface area contributed by atoms with Crippen molar-refractivity contribution in [3.63, 3.8) is 0 Å². The Hall–Kier alpha value is -2.98. The van der Waals surface area contributed by atoms with Crippen LogP contribution in [0.25, 0.3) is 22.4 Å². The number of piperidine rings is 1. The van der Waals surface area contributed by atoms with E-state index in [1.54, 1.807) is 24.1 Å². The maximum atomic E-state index is 14.5. The molecule has 0 aliphatic carbocycles. The van der Waals surface area contributed by atoms with Gasteiger partial charge in [0, 0.05) is 36.3 Å². The zero-order valence-electron chi connectivity index (χ0n) is 16.4. The van der Waals surface area contributed by atoms with Gasteiger partial charge in [0.05, 0.1) is 17.8 Å². The number of hydrogen-bond donors (Lipinski definition) is 3. The minimum atomic E-state index is -0.998. The summed E-state index contributed by atoms with van der Waals surface area (Å²) in [6, 6.07) is 1.70. The number of halogens is 2. The molecular formula is C19H22ClFN8O. The number of pyridine rings is 1. The van der Waals surface area contributed by atoms with Gasteiger partial charge in [0.15, 0.2) is 23.1 Å². The highest BCUT2D eigenvalue weighted by Gasteiger charge is 2.34. The molecule has 3 aromatic heterocycles. The molecule has 3 aromatic rings. The fourth-order valence-corrected chi connectivity index (χ4v) is 3.88. The zero-order chi connectivity index (χ0) is 21.5. The summed E-state index contributed by atoms with van der Waals surface area (Å²) in [6.07, 6.45) is 5.83. The van der Waals surface area contributed by atoms with Gasteiger partial charge in [-0.05, 0) is 18.9 Å². The number of carbonyl (C=O) groups is 1. The van der Waals surface area contributed by atoms with E-state index in [0.29, 0.717) is 47.4 Å². The average molecular weight is 433 g/mol. The number of fused-ring (bicyclic) bond motifs is 1. The molecule has 158 valence electrons. The van der Waals surface area contributed by atoms with Gasteiger partial charge in [-0.1, -0.05) is 18.5 Å². The van der Waals surface area contributed by atoms with Gasteiger partial charge in [-0.15, -0.1) is 0 Å². The van der Waals surface area contributed by atoms with Crippen LogP contribution in [-0.2, 0) is 4.79 Å². The Morgan fingerprint density at radius 3 is 2.97 bits per heavy atom. The van der Waals surface area contributed by atoms with Crippen molar-refractivity contribution in [1.82, 2.24) is 24.5 Å². The maximum Gasteiger partial charge on any atom is 0.222 e. The highest BCUT2D eigenvalue weighted by atomic mass is 35.5. The molecule has 1 amide bonds. The maximum absolute atomic E-state index is 14.5. The van der Waals surface area contributed by atoms with Gasteiger partial charge in [-0.2, -0.15) is 0 Å². The molecule has 0 radical (unpaired) electrons. The van der Waals surface area contributed by atoms with Gasteiger partial charge in [-0.3, -0.25) is 9.47 Å². The van der Waals surface area contributed by atoms with Crippen molar-refractivity contribution < 1.29 is 9.18 Å². The average Bonchev–Trinajstić information content (AvgIpc) is 3.04. The Kier molecular flexibility index (Phi) is 5.20. The standard InChI is InChI=1S/C19H22ClFN8O/c1-2-15(30)28-5-3-4-19(22,10-28)27-17-14(21)8-24-16(26-17)13-9-29(23)18-12(13)6-11(20)7-25-18/h6-9H,2-5,10,22-23H2,1H3,(H,24,26,27)/t19-/m0/s1. The van der Waals surface area contributed by atoms with Crippen molar-refractivity contribution in [2.75, 3.05) is 24.2 Å². The summed E-state index contributed by atoms with van der Waals surface area (Å²) in [4.78, 5) is 26.4. The van der Waals surface area contributed by atoms with Crippen molar-refractivity contribution in [2.24, 2.45) is 5.73 Å². The molecule has 9 nitrogen and oxygen atoms in total. The lowest BCUT2D eigenvalue weighted by Gasteiger charge is -2.41. The van der Waals surface area contributed by atoms with Crippen molar-refractivity contribution >= 4 is 34.4 Å². The Morgan fingerprint density at radius 2 is 2.20 bits per heavy atom. The van der Waals surface area contributed by atoms with Crippen LogP contribution in [0.2, 0.25) is 5.02 Å². The van der Waals surface area contributed by atoms with Crippen LogP contribution in [0.3, 0.4) is 0 Å². The number of amides is 1. The van der Waals surface area contributed by atoms with Crippen LogP contribution < -0.4 is 16.9 Å². The molecule has 0 aromatic carbocycles. The van der Waals surface area contributed by atoms with Gasteiger partial charge in [0.2, 0.25) is 5.91 Å². The molecule has 0 unspecified atom stereocenters. The first-order chi connectivity index (χ1) is 14.3. The van der Waals surface area contributed by atoms with Crippen LogP contribution >= 0.6 is 11.6 Å². The van der Waals surface area contributed by atoms with Crippen molar-refractivity contribution in [3.8, 4) is 11.4 Å². The lowest BCUT2D eigenvalue weighted by atomic mass is 9.98. The quantitative estimate of drug-likeness (QED) is 0.425. The fourth-order valence-electron chi connectivity index (χ4n) is 3.73. The molecule has 30 heavy (non-hydrogen) atoms. The number of likely N-dealkylation sites (tertiary alicyclic amines) is 1. The fraction of sp³-hybridized carbons (Fsp3) is 0.368. The molecule has 1 saturated heterocycles. The summed E-state index contributed by atoms with van der Waals surface area (Å²) >= 11 is 6.07. The third-order valence-electron chi connectivity index (χ3n) is 5.17. The Bertz CT molecular complexity index is 1120. The molecule has 4 heterocycles. The van der Waals surface area contributed by atoms with Crippen LogP contribution in [0.1, 0.15) is 26.2 Å². The van der Waals surface area contributed by atoms with E-state index >= 15 is 0 Å². The molecule has 0 spiro atoms. The van der Waals surface area contributed by atoms with E-state index in [1.807, 2.05) is 0 Å². The van der Waals surface area contributed by atoms with E-state index in [9.17, 15) is 9.18 Å². The van der Waals surface area contributed by atoms with E-state index < -0.39 is 11.5 Å². The van der Waals surface area contributed by atoms with E-state index in [1.165, 1.54) is 10.9 Å². The molecule has 1 aliphatic heterocycles. The van der Waals surface area contributed by atoms with Crippen LogP contribution in [0.4, 0.5) is 10.2 Å². The number of carbonyl (C=O) groups excluding carboxylic acids is 1. The Morgan fingerprint density at radius 1 is 1.40 bits per heavy atom. The number of aromatic nitrogens is 4. The first-order valence-corrected chi connectivity index (χ1v) is 9.97. The number of nitrogen functional groups attached to an aromatic ring is 1. The minimum absolute atomic E-state index is 0.00954. The monoisotopic (exact) mass is 432 g/mol. The number of nitrogens with two attached hydrogens (primary N) is 2. The highest BCUT2D eigenvalue weighted by molar-refractivity contribution is 6.31. The number of nitrogens with one attached hydrogen (secondary N) is 1. The predicted octanol–water partition coefficient (Wildman–Crippen LogP) is 2.10. The normalized spacial score (nSPS) is 19.3. The molecule has 5 N–H and O–H groups in total. The first kappa shape index (κ1) is 20.3. The van der Waals surface area contributed by atoms with Gasteiger partial charge in [0.1, 0.15) is 5.66 Å². The summed E-state index contributed by atoms with van der Waals surface area (Å²) in [7, 11) is 0. The number of rotatable bonds is 4. The number of nitrogens with zero attached hydrogens (tertiary/aromatic N) is 5. The summed E-state index contributed by atoms with van der Waals surface area (Å²) in [5.74, 6) is 5.54. The molecule has 4 rings (SSSR count). The van der Waals surface area contributed by atoms with Crippen LogP contribution in [0.15, 0.2) is 24.7 Å². The predicted molar refractivity (Wildman–Crippen MR) is 113 cm³/mol. The number of anilines is 1. The number of hydrogen-bond acceptors (Lipinski definition) is 7. The second-order valence-corrected chi connectivity index (χ2v) is 7.85. The smallest absolute Gasteiger partial charge is 0.222 e. The molecule has 0 bridgehead atoms. The first-order valence-electron chi connectivity index (χ1n) is 9.59. The van der Waals surface area contributed by atoms with Crippen molar-refractivity contribution in [3.05, 3.63) is 35.5 Å². The van der Waals surface area contributed by atoms with Gasteiger partial charge < -0.3 is 21.8 Å². The second kappa shape index (κ2) is 7.69. The van der Waals surface area contributed by atoms with Gasteiger partial charge >= 0.3 is 0 Å². The minimum Gasteiger partial charge on any atom is -0.348 e. The third-order valence-corrected chi connectivity index (χ3v) is 5.37. The summed E-state index contributed by atoms with van der Waals surface area (Å²) in [6.45, 7) is 2.70.